The third kappa shape index (κ3) is 5.49. The Morgan fingerprint density at radius 1 is 1.25 bits per heavy atom. The van der Waals surface area contributed by atoms with Gasteiger partial charge in [-0.05, 0) is 61.2 Å². The van der Waals surface area contributed by atoms with Crippen LogP contribution in [0.5, 0.6) is 5.75 Å². The topological polar surface area (TPSA) is 62.1 Å². The third-order valence-electron chi connectivity index (χ3n) is 4.72. The van der Waals surface area contributed by atoms with E-state index in [1.54, 1.807) is 0 Å². The first kappa shape index (κ1) is 20.2. The summed E-state index contributed by atoms with van der Waals surface area (Å²) in [5, 5.41) is 16.2. The Balaban J connectivity index is 1.57. The normalized spacial score (nSPS) is 17.3. The lowest BCUT2D eigenvalue weighted by Crippen LogP contribution is -2.32. The van der Waals surface area contributed by atoms with Crippen molar-refractivity contribution in [3.05, 3.63) is 59.1 Å². The summed E-state index contributed by atoms with van der Waals surface area (Å²) in [5.41, 5.74) is 3.19. The standard InChI is InChI=1S/C22H25ClN2O3/c1-15(12-22(26)27)11-17-3-9-21(10-4-17)28-14-20-13-16(2)24-25(20)19-7-5-18(23)6-8-19/h3-10,15,20H,11-14H2,1-2H3,(H,26,27). The predicted octanol–water partition coefficient (Wildman–Crippen LogP) is 5.03. The number of carboxylic acid groups (broad SMARTS) is 1. The second kappa shape index (κ2) is 9.11. The summed E-state index contributed by atoms with van der Waals surface area (Å²) in [5.74, 6) is 0.151. The second-order valence-corrected chi connectivity index (χ2v) is 7.81. The molecule has 2 aromatic carbocycles. The van der Waals surface area contributed by atoms with E-state index in [2.05, 4.69) is 5.10 Å². The van der Waals surface area contributed by atoms with Crippen molar-refractivity contribution < 1.29 is 14.6 Å². The molecule has 6 heteroatoms. The summed E-state index contributed by atoms with van der Waals surface area (Å²) in [6, 6.07) is 15.7. The maximum atomic E-state index is 10.8. The molecule has 28 heavy (non-hydrogen) atoms. The van der Waals surface area contributed by atoms with E-state index in [0.717, 1.165) is 35.6 Å². The van der Waals surface area contributed by atoms with E-state index in [4.69, 9.17) is 21.4 Å². The van der Waals surface area contributed by atoms with Crippen LogP contribution in [0, 0.1) is 5.92 Å². The quantitative estimate of drug-likeness (QED) is 0.675. The highest BCUT2D eigenvalue weighted by Gasteiger charge is 2.26. The minimum atomic E-state index is -0.758. The first-order valence-corrected chi connectivity index (χ1v) is 9.81. The summed E-state index contributed by atoms with van der Waals surface area (Å²) < 4.78 is 6.00. The van der Waals surface area contributed by atoms with E-state index >= 15 is 0 Å². The molecule has 2 aromatic rings. The number of aliphatic carboxylic acids is 1. The fraction of sp³-hybridized carbons (Fsp3) is 0.364. The van der Waals surface area contributed by atoms with Crippen LogP contribution in [0.25, 0.3) is 0 Å². The van der Waals surface area contributed by atoms with Gasteiger partial charge in [0.05, 0.1) is 11.7 Å². The average molecular weight is 401 g/mol. The smallest absolute Gasteiger partial charge is 0.303 e. The molecule has 3 rings (SSSR count). The number of hydrogen-bond donors (Lipinski definition) is 1. The average Bonchev–Trinajstić information content (AvgIpc) is 3.02. The van der Waals surface area contributed by atoms with Gasteiger partial charge in [-0.1, -0.05) is 30.7 Å². The zero-order valence-corrected chi connectivity index (χ0v) is 16.9. The Hall–Kier alpha value is -2.53. The second-order valence-electron chi connectivity index (χ2n) is 7.38. The highest BCUT2D eigenvalue weighted by molar-refractivity contribution is 6.30. The van der Waals surface area contributed by atoms with Crippen molar-refractivity contribution in [3.63, 3.8) is 0 Å². The molecule has 148 valence electrons. The minimum absolute atomic E-state index is 0.107. The van der Waals surface area contributed by atoms with Gasteiger partial charge in [0.15, 0.2) is 0 Å². The van der Waals surface area contributed by atoms with Crippen molar-refractivity contribution in [3.8, 4) is 5.75 Å². The van der Waals surface area contributed by atoms with Gasteiger partial charge in [0.2, 0.25) is 0 Å². The van der Waals surface area contributed by atoms with Gasteiger partial charge in [-0.2, -0.15) is 5.10 Å². The lowest BCUT2D eigenvalue weighted by molar-refractivity contribution is -0.137. The van der Waals surface area contributed by atoms with Crippen LogP contribution in [0.2, 0.25) is 5.02 Å². The van der Waals surface area contributed by atoms with Gasteiger partial charge < -0.3 is 9.84 Å². The minimum Gasteiger partial charge on any atom is -0.491 e. The zero-order valence-electron chi connectivity index (χ0n) is 16.1. The fourth-order valence-corrected chi connectivity index (χ4v) is 3.54. The van der Waals surface area contributed by atoms with Crippen molar-refractivity contribution in [2.75, 3.05) is 11.6 Å². The molecule has 0 saturated heterocycles. The number of hydrazone groups is 1. The van der Waals surface area contributed by atoms with Gasteiger partial charge >= 0.3 is 5.97 Å². The van der Waals surface area contributed by atoms with E-state index in [1.807, 2.05) is 67.4 Å². The van der Waals surface area contributed by atoms with E-state index in [1.165, 1.54) is 0 Å². The molecule has 0 radical (unpaired) electrons. The molecule has 1 N–H and O–H groups in total. The highest BCUT2D eigenvalue weighted by Crippen LogP contribution is 2.27. The van der Waals surface area contributed by atoms with E-state index in [9.17, 15) is 4.79 Å². The molecule has 0 spiro atoms. The molecule has 1 aliphatic rings. The van der Waals surface area contributed by atoms with Crippen molar-refractivity contribution in [1.29, 1.82) is 0 Å². The van der Waals surface area contributed by atoms with Crippen LogP contribution in [0.1, 0.15) is 32.3 Å². The van der Waals surface area contributed by atoms with Crippen molar-refractivity contribution in [2.24, 2.45) is 11.0 Å². The summed E-state index contributed by atoms with van der Waals surface area (Å²) in [4.78, 5) is 10.8. The van der Waals surface area contributed by atoms with Crippen molar-refractivity contribution in [1.82, 2.24) is 0 Å². The number of nitrogens with zero attached hydrogens (tertiary/aromatic N) is 2. The fourth-order valence-electron chi connectivity index (χ4n) is 3.41. The Kier molecular flexibility index (Phi) is 6.57. The molecular weight excluding hydrogens is 376 g/mol. The van der Waals surface area contributed by atoms with Crippen LogP contribution in [-0.2, 0) is 11.2 Å². The van der Waals surface area contributed by atoms with E-state index in [-0.39, 0.29) is 18.4 Å². The van der Waals surface area contributed by atoms with Crippen LogP contribution in [-0.4, -0.2) is 29.4 Å². The van der Waals surface area contributed by atoms with Crippen LogP contribution >= 0.6 is 11.6 Å². The van der Waals surface area contributed by atoms with Crippen LogP contribution in [0.15, 0.2) is 53.6 Å². The lowest BCUT2D eigenvalue weighted by Gasteiger charge is -2.24. The molecule has 0 fully saturated rings. The molecule has 0 aliphatic carbocycles. The number of anilines is 1. The SMILES string of the molecule is CC1=NN(c2ccc(Cl)cc2)C(COc2ccc(CC(C)CC(=O)O)cc2)C1. The Morgan fingerprint density at radius 2 is 1.93 bits per heavy atom. The maximum absolute atomic E-state index is 10.8. The largest absolute Gasteiger partial charge is 0.491 e. The first-order chi connectivity index (χ1) is 13.4. The molecule has 0 aromatic heterocycles. The predicted molar refractivity (Wildman–Crippen MR) is 113 cm³/mol. The lowest BCUT2D eigenvalue weighted by atomic mass is 9.98. The van der Waals surface area contributed by atoms with Crippen LogP contribution < -0.4 is 9.75 Å². The Bertz CT molecular complexity index is 834. The van der Waals surface area contributed by atoms with Gasteiger partial charge in [-0.3, -0.25) is 9.80 Å². The summed E-state index contributed by atoms with van der Waals surface area (Å²) in [6.45, 7) is 4.50. The Morgan fingerprint density at radius 3 is 2.57 bits per heavy atom. The van der Waals surface area contributed by atoms with Crippen LogP contribution in [0.3, 0.4) is 0 Å². The number of carboxylic acids is 1. The Labute approximate surface area is 170 Å². The maximum Gasteiger partial charge on any atom is 0.303 e. The molecule has 1 heterocycles. The third-order valence-corrected chi connectivity index (χ3v) is 4.97. The highest BCUT2D eigenvalue weighted by atomic mass is 35.5. The van der Waals surface area contributed by atoms with Gasteiger partial charge in [-0.25, -0.2) is 0 Å². The van der Waals surface area contributed by atoms with Crippen LogP contribution in [0.4, 0.5) is 5.69 Å². The number of rotatable bonds is 8. The number of hydrogen-bond acceptors (Lipinski definition) is 4. The molecule has 0 saturated carbocycles. The number of benzene rings is 2. The van der Waals surface area contributed by atoms with Gasteiger partial charge in [0.1, 0.15) is 12.4 Å². The van der Waals surface area contributed by atoms with Crippen molar-refractivity contribution in [2.45, 2.75) is 39.2 Å². The monoisotopic (exact) mass is 400 g/mol. The summed E-state index contributed by atoms with van der Waals surface area (Å²) >= 11 is 5.99. The number of ether oxygens (including phenoxy) is 1. The molecule has 2 atom stereocenters. The molecular formula is C22H25ClN2O3. The number of halogens is 1. The van der Waals surface area contributed by atoms with E-state index < -0.39 is 5.97 Å². The summed E-state index contributed by atoms with van der Waals surface area (Å²) in [6.07, 6.45) is 1.78. The number of carbonyl (C=O) groups is 1. The zero-order chi connectivity index (χ0) is 20.1. The molecule has 0 amide bonds. The van der Waals surface area contributed by atoms with Crippen molar-refractivity contribution >= 4 is 29.0 Å². The molecule has 2 unspecified atom stereocenters. The first-order valence-electron chi connectivity index (χ1n) is 9.43. The molecule has 0 bridgehead atoms. The van der Waals surface area contributed by atoms with E-state index in [0.29, 0.717) is 11.6 Å². The molecule has 5 nitrogen and oxygen atoms in total. The van der Waals surface area contributed by atoms with Gasteiger partial charge in [0.25, 0.3) is 0 Å². The summed E-state index contributed by atoms with van der Waals surface area (Å²) in [7, 11) is 0. The van der Waals surface area contributed by atoms with Gasteiger partial charge in [-0.15, -0.1) is 0 Å². The van der Waals surface area contributed by atoms with Gasteiger partial charge in [0, 0.05) is 23.6 Å². The molecule has 1 aliphatic heterocycles.